The van der Waals surface area contributed by atoms with Gasteiger partial charge in [-0.15, -0.1) is 0 Å². The van der Waals surface area contributed by atoms with Crippen molar-refractivity contribution in [2.45, 2.75) is 45.7 Å². The molecule has 0 aromatic carbocycles. The van der Waals surface area contributed by atoms with Gasteiger partial charge in [0.05, 0.1) is 5.69 Å². The van der Waals surface area contributed by atoms with Crippen molar-refractivity contribution < 1.29 is 4.52 Å². The molecule has 4 nitrogen and oxygen atoms in total. The van der Waals surface area contributed by atoms with Crippen LogP contribution in [0.25, 0.3) is 0 Å². The third-order valence-corrected chi connectivity index (χ3v) is 3.62. The van der Waals surface area contributed by atoms with Gasteiger partial charge in [0, 0.05) is 24.7 Å². The SMILES string of the molecule is CCC1(C)CN(Cc2cc(C)on2)CCCN1. The predicted octanol–water partition coefficient (Wildman–Crippen LogP) is 1.95. The van der Waals surface area contributed by atoms with Gasteiger partial charge in [0.15, 0.2) is 0 Å². The fourth-order valence-electron chi connectivity index (χ4n) is 2.41. The van der Waals surface area contributed by atoms with Crippen molar-refractivity contribution in [2.24, 2.45) is 0 Å². The number of hydrogen-bond acceptors (Lipinski definition) is 4. The summed E-state index contributed by atoms with van der Waals surface area (Å²) in [5, 5.41) is 7.72. The van der Waals surface area contributed by atoms with E-state index in [1.54, 1.807) is 0 Å². The van der Waals surface area contributed by atoms with E-state index in [0.29, 0.717) is 0 Å². The minimum atomic E-state index is 0.231. The summed E-state index contributed by atoms with van der Waals surface area (Å²) in [4.78, 5) is 2.47. The van der Waals surface area contributed by atoms with Crippen molar-refractivity contribution in [1.29, 1.82) is 0 Å². The Morgan fingerprint density at radius 2 is 2.41 bits per heavy atom. The van der Waals surface area contributed by atoms with Crippen molar-refractivity contribution in [2.75, 3.05) is 19.6 Å². The monoisotopic (exact) mass is 237 g/mol. The molecular formula is C13H23N3O. The van der Waals surface area contributed by atoms with Gasteiger partial charge < -0.3 is 9.84 Å². The molecule has 0 bridgehead atoms. The first-order valence-corrected chi connectivity index (χ1v) is 6.51. The van der Waals surface area contributed by atoms with Crippen molar-refractivity contribution in [3.8, 4) is 0 Å². The van der Waals surface area contributed by atoms with Crippen LogP contribution in [0.1, 0.15) is 38.1 Å². The number of aryl methyl sites for hydroxylation is 1. The van der Waals surface area contributed by atoms with Gasteiger partial charge >= 0.3 is 0 Å². The molecule has 96 valence electrons. The Kier molecular flexibility index (Phi) is 3.84. The van der Waals surface area contributed by atoms with Gasteiger partial charge in [0.1, 0.15) is 5.76 Å². The van der Waals surface area contributed by atoms with Crippen LogP contribution in [0.5, 0.6) is 0 Å². The second-order valence-corrected chi connectivity index (χ2v) is 5.33. The van der Waals surface area contributed by atoms with Gasteiger partial charge in [-0.05, 0) is 39.8 Å². The largest absolute Gasteiger partial charge is 0.361 e. The van der Waals surface area contributed by atoms with E-state index in [1.165, 1.54) is 6.42 Å². The molecule has 0 amide bonds. The van der Waals surface area contributed by atoms with Gasteiger partial charge in [-0.25, -0.2) is 0 Å². The molecule has 0 aliphatic carbocycles. The van der Waals surface area contributed by atoms with Crippen molar-refractivity contribution in [3.63, 3.8) is 0 Å². The molecule has 2 rings (SSSR count). The highest BCUT2D eigenvalue weighted by Crippen LogP contribution is 2.17. The third kappa shape index (κ3) is 3.30. The summed E-state index contributed by atoms with van der Waals surface area (Å²) in [7, 11) is 0. The van der Waals surface area contributed by atoms with E-state index in [1.807, 2.05) is 13.0 Å². The highest BCUT2D eigenvalue weighted by Gasteiger charge is 2.27. The first-order chi connectivity index (χ1) is 8.11. The summed E-state index contributed by atoms with van der Waals surface area (Å²) in [6.07, 6.45) is 2.35. The molecule has 1 aliphatic rings. The summed E-state index contributed by atoms with van der Waals surface area (Å²) in [6, 6.07) is 2.03. The van der Waals surface area contributed by atoms with E-state index in [2.05, 4.69) is 29.2 Å². The highest BCUT2D eigenvalue weighted by atomic mass is 16.5. The van der Waals surface area contributed by atoms with Crippen molar-refractivity contribution in [3.05, 3.63) is 17.5 Å². The maximum Gasteiger partial charge on any atom is 0.133 e. The van der Waals surface area contributed by atoms with E-state index in [4.69, 9.17) is 4.52 Å². The number of nitrogens with one attached hydrogen (secondary N) is 1. The Morgan fingerprint density at radius 3 is 3.06 bits per heavy atom. The van der Waals surface area contributed by atoms with E-state index in [0.717, 1.165) is 44.1 Å². The number of rotatable bonds is 3. The van der Waals surface area contributed by atoms with Gasteiger partial charge in [-0.3, -0.25) is 4.90 Å². The van der Waals surface area contributed by atoms with Crippen LogP contribution in [0, 0.1) is 6.92 Å². The number of hydrogen-bond donors (Lipinski definition) is 1. The molecule has 1 fully saturated rings. The molecule has 1 aromatic heterocycles. The molecule has 17 heavy (non-hydrogen) atoms. The smallest absolute Gasteiger partial charge is 0.133 e. The Bertz CT molecular complexity index is 363. The first-order valence-electron chi connectivity index (χ1n) is 6.51. The topological polar surface area (TPSA) is 41.3 Å². The average Bonchev–Trinajstić information content (AvgIpc) is 2.59. The molecule has 0 radical (unpaired) electrons. The van der Waals surface area contributed by atoms with Crippen LogP contribution in [0.4, 0.5) is 0 Å². The van der Waals surface area contributed by atoms with Crippen LogP contribution in [0.2, 0.25) is 0 Å². The first kappa shape index (κ1) is 12.6. The molecular weight excluding hydrogens is 214 g/mol. The average molecular weight is 237 g/mol. The van der Waals surface area contributed by atoms with Crippen molar-refractivity contribution in [1.82, 2.24) is 15.4 Å². The zero-order valence-electron chi connectivity index (χ0n) is 11.1. The highest BCUT2D eigenvalue weighted by molar-refractivity contribution is 5.04. The lowest BCUT2D eigenvalue weighted by Crippen LogP contribution is -2.48. The van der Waals surface area contributed by atoms with Crippen LogP contribution >= 0.6 is 0 Å². The van der Waals surface area contributed by atoms with Crippen LogP contribution in [0.15, 0.2) is 10.6 Å². The summed E-state index contributed by atoms with van der Waals surface area (Å²) < 4.78 is 5.12. The molecule has 0 saturated carbocycles. The van der Waals surface area contributed by atoms with Crippen LogP contribution < -0.4 is 5.32 Å². The molecule has 1 aliphatic heterocycles. The van der Waals surface area contributed by atoms with E-state index < -0.39 is 0 Å². The Labute approximate surface area is 103 Å². The standard InChI is InChI=1S/C13H23N3O/c1-4-13(3)10-16(7-5-6-14-13)9-12-8-11(2)17-15-12/h8,14H,4-7,9-10H2,1-3H3. The van der Waals surface area contributed by atoms with Gasteiger partial charge in [0.25, 0.3) is 0 Å². The quantitative estimate of drug-likeness (QED) is 0.872. The summed E-state index contributed by atoms with van der Waals surface area (Å²) in [6.45, 7) is 10.7. The fraction of sp³-hybridized carbons (Fsp3) is 0.769. The van der Waals surface area contributed by atoms with Gasteiger partial charge in [-0.1, -0.05) is 12.1 Å². The zero-order chi connectivity index (χ0) is 12.3. The third-order valence-electron chi connectivity index (χ3n) is 3.62. The van der Waals surface area contributed by atoms with E-state index in [9.17, 15) is 0 Å². The predicted molar refractivity (Wildman–Crippen MR) is 67.8 cm³/mol. The second kappa shape index (κ2) is 5.19. The van der Waals surface area contributed by atoms with Crippen molar-refractivity contribution >= 4 is 0 Å². The maximum absolute atomic E-state index is 5.12. The molecule has 1 atom stereocenters. The van der Waals surface area contributed by atoms with E-state index in [-0.39, 0.29) is 5.54 Å². The Morgan fingerprint density at radius 1 is 1.59 bits per heavy atom. The lowest BCUT2D eigenvalue weighted by molar-refractivity contribution is 0.204. The summed E-state index contributed by atoms with van der Waals surface area (Å²) >= 11 is 0. The lowest BCUT2D eigenvalue weighted by Gasteiger charge is -2.32. The molecule has 1 saturated heterocycles. The molecule has 1 N–H and O–H groups in total. The molecule has 2 heterocycles. The summed E-state index contributed by atoms with van der Waals surface area (Å²) in [5.41, 5.74) is 1.28. The number of nitrogens with zero attached hydrogens (tertiary/aromatic N) is 2. The maximum atomic E-state index is 5.12. The molecule has 0 spiro atoms. The van der Waals surface area contributed by atoms with Gasteiger partial charge in [-0.2, -0.15) is 0 Å². The molecule has 4 heteroatoms. The lowest BCUT2D eigenvalue weighted by atomic mass is 9.98. The van der Waals surface area contributed by atoms with Crippen LogP contribution in [-0.4, -0.2) is 35.2 Å². The Hall–Kier alpha value is -0.870. The van der Waals surface area contributed by atoms with Crippen LogP contribution in [-0.2, 0) is 6.54 Å². The van der Waals surface area contributed by atoms with Gasteiger partial charge in [0.2, 0.25) is 0 Å². The van der Waals surface area contributed by atoms with Crippen LogP contribution in [0.3, 0.4) is 0 Å². The number of aromatic nitrogens is 1. The second-order valence-electron chi connectivity index (χ2n) is 5.33. The Balaban J connectivity index is 1.99. The molecule has 1 unspecified atom stereocenters. The minimum Gasteiger partial charge on any atom is -0.361 e. The zero-order valence-corrected chi connectivity index (χ0v) is 11.1. The minimum absolute atomic E-state index is 0.231. The fourth-order valence-corrected chi connectivity index (χ4v) is 2.41. The normalized spacial score (nSPS) is 27.0. The molecule has 1 aromatic rings. The van der Waals surface area contributed by atoms with E-state index >= 15 is 0 Å². The summed E-state index contributed by atoms with van der Waals surface area (Å²) in [5.74, 6) is 0.895.